The van der Waals surface area contributed by atoms with Gasteiger partial charge in [-0.05, 0) is 35.4 Å². The summed E-state index contributed by atoms with van der Waals surface area (Å²) in [6.07, 6.45) is 0.0472. The number of benzene rings is 4. The van der Waals surface area contributed by atoms with Gasteiger partial charge in [0.2, 0.25) is 16.7 Å². The van der Waals surface area contributed by atoms with E-state index in [0.717, 1.165) is 5.56 Å². The van der Waals surface area contributed by atoms with Crippen LogP contribution in [0.25, 0.3) is 27.5 Å². The number of nitrogens with zero attached hydrogens (tertiary/aromatic N) is 2. The third-order valence-electron chi connectivity index (χ3n) is 7.24. The molecule has 228 valence electrons. The van der Waals surface area contributed by atoms with E-state index in [0.29, 0.717) is 71.9 Å². The fourth-order valence-electron chi connectivity index (χ4n) is 5.22. The first-order valence-corrected chi connectivity index (χ1v) is 15.3. The Labute approximate surface area is 267 Å². The molecule has 1 N–H and O–H groups in total. The van der Waals surface area contributed by atoms with E-state index in [9.17, 15) is 9.59 Å². The molecule has 2 aromatic heterocycles. The van der Waals surface area contributed by atoms with E-state index in [1.165, 1.54) is 33.1 Å². The molecule has 0 fully saturated rings. The number of halogens is 1. The van der Waals surface area contributed by atoms with Gasteiger partial charge in [0.15, 0.2) is 11.5 Å². The summed E-state index contributed by atoms with van der Waals surface area (Å²) in [5.74, 6) is 1.60. The second-order valence-corrected chi connectivity index (χ2v) is 11.4. The van der Waals surface area contributed by atoms with Crippen molar-refractivity contribution in [1.29, 1.82) is 0 Å². The van der Waals surface area contributed by atoms with Crippen LogP contribution in [0.4, 0.5) is 5.69 Å². The molecule has 1 amide bonds. The fraction of sp³-hybridized carbons (Fsp3) is 0.147. The Balaban J connectivity index is 1.36. The predicted octanol–water partition coefficient (Wildman–Crippen LogP) is 7.28. The van der Waals surface area contributed by atoms with E-state index >= 15 is 0 Å². The lowest BCUT2D eigenvalue weighted by atomic mass is 10.1. The quantitative estimate of drug-likeness (QED) is 0.156. The molecule has 0 aliphatic carbocycles. The molecule has 0 spiro atoms. The lowest BCUT2D eigenvalue weighted by Crippen LogP contribution is -2.20. The molecule has 0 atom stereocenters. The predicted molar refractivity (Wildman–Crippen MR) is 177 cm³/mol. The third kappa shape index (κ3) is 5.94. The Morgan fingerprint density at radius 2 is 1.60 bits per heavy atom. The van der Waals surface area contributed by atoms with Crippen molar-refractivity contribution >= 4 is 56.8 Å². The first-order chi connectivity index (χ1) is 21.9. The Kier molecular flexibility index (Phi) is 8.68. The summed E-state index contributed by atoms with van der Waals surface area (Å²) in [6.45, 7) is 0. The number of aromatic nitrogens is 2. The standard InChI is InChI=1S/C34H28ClN3O6S/c1-41-26-17-22(18-27(42-2)32(26)43-3)36-28(39)16-21-11-7-12-23(15-21)38-25-14-8-13-24(35)29(25)31-30(33(38)40)34(44-37-31)45-19-20-9-5-4-6-10-20/h4-15,17-18H,16,19H2,1-3H3,(H,36,39). The highest BCUT2D eigenvalue weighted by Crippen LogP contribution is 2.40. The number of hydrogen-bond acceptors (Lipinski definition) is 8. The summed E-state index contributed by atoms with van der Waals surface area (Å²) >= 11 is 8.08. The van der Waals surface area contributed by atoms with Gasteiger partial charge in [0.1, 0.15) is 10.9 Å². The van der Waals surface area contributed by atoms with Crippen molar-refractivity contribution in [1.82, 2.24) is 9.72 Å². The summed E-state index contributed by atoms with van der Waals surface area (Å²) in [4.78, 5) is 27.3. The molecule has 11 heteroatoms. The number of carbonyl (C=O) groups excluding carboxylic acids is 1. The number of hydrogen-bond donors (Lipinski definition) is 1. The molecular formula is C34H28ClN3O6S. The molecular weight excluding hydrogens is 614 g/mol. The van der Waals surface area contributed by atoms with E-state index in [2.05, 4.69) is 10.5 Å². The van der Waals surface area contributed by atoms with Crippen molar-refractivity contribution in [2.75, 3.05) is 26.6 Å². The van der Waals surface area contributed by atoms with Crippen LogP contribution in [0.3, 0.4) is 0 Å². The summed E-state index contributed by atoms with van der Waals surface area (Å²) in [5.41, 5.74) is 3.54. The van der Waals surface area contributed by atoms with E-state index in [4.69, 9.17) is 30.3 Å². The number of anilines is 1. The highest BCUT2D eigenvalue weighted by molar-refractivity contribution is 7.98. The molecule has 6 rings (SSSR count). The van der Waals surface area contributed by atoms with Gasteiger partial charge in [-0.3, -0.25) is 14.2 Å². The zero-order chi connectivity index (χ0) is 31.5. The van der Waals surface area contributed by atoms with E-state index < -0.39 is 0 Å². The lowest BCUT2D eigenvalue weighted by molar-refractivity contribution is -0.115. The number of fused-ring (bicyclic) bond motifs is 3. The van der Waals surface area contributed by atoms with Gasteiger partial charge in [-0.1, -0.05) is 77.1 Å². The Hall–Kier alpha value is -4.93. The molecule has 0 aliphatic heterocycles. The zero-order valence-corrected chi connectivity index (χ0v) is 26.2. The number of thioether (sulfide) groups is 1. The SMILES string of the molecule is COc1cc(NC(=O)Cc2cccc(-n3c(=O)c4c(SCc5ccccc5)onc4c4c(Cl)cccc43)c2)cc(OC)c1OC. The molecule has 0 bridgehead atoms. The first-order valence-electron chi connectivity index (χ1n) is 13.9. The number of pyridine rings is 1. The van der Waals surface area contributed by atoms with Crippen LogP contribution in [0.5, 0.6) is 17.2 Å². The van der Waals surface area contributed by atoms with Crippen LogP contribution >= 0.6 is 23.4 Å². The van der Waals surface area contributed by atoms with Gasteiger partial charge >= 0.3 is 0 Å². The molecule has 0 saturated heterocycles. The van der Waals surface area contributed by atoms with E-state index in [-0.39, 0.29) is 17.9 Å². The Morgan fingerprint density at radius 1 is 0.889 bits per heavy atom. The van der Waals surface area contributed by atoms with Crippen molar-refractivity contribution in [3.05, 3.63) is 111 Å². The minimum absolute atomic E-state index is 0.0472. The van der Waals surface area contributed by atoms with Crippen molar-refractivity contribution < 1.29 is 23.5 Å². The second-order valence-electron chi connectivity index (χ2n) is 10.1. The topological polar surface area (TPSA) is 105 Å². The van der Waals surface area contributed by atoms with Crippen LogP contribution in [0, 0.1) is 0 Å². The van der Waals surface area contributed by atoms with Crippen LogP contribution in [0.2, 0.25) is 5.02 Å². The molecule has 0 saturated carbocycles. The maximum atomic E-state index is 14.2. The van der Waals surface area contributed by atoms with Crippen LogP contribution in [-0.4, -0.2) is 37.0 Å². The molecule has 0 aliphatic rings. The number of amides is 1. The molecule has 45 heavy (non-hydrogen) atoms. The minimum atomic E-state index is -0.296. The van der Waals surface area contributed by atoms with Crippen molar-refractivity contribution in [2.24, 2.45) is 0 Å². The number of nitrogens with one attached hydrogen (secondary N) is 1. The largest absolute Gasteiger partial charge is 0.493 e. The van der Waals surface area contributed by atoms with E-state index in [1.54, 1.807) is 28.8 Å². The van der Waals surface area contributed by atoms with Gasteiger partial charge in [-0.2, -0.15) is 0 Å². The van der Waals surface area contributed by atoms with Gasteiger partial charge in [-0.25, -0.2) is 0 Å². The second kappa shape index (κ2) is 13.0. The summed E-state index contributed by atoms with van der Waals surface area (Å²) in [6, 6.07) is 25.9. The molecule has 9 nitrogen and oxygen atoms in total. The fourth-order valence-corrected chi connectivity index (χ4v) is 6.38. The van der Waals surface area contributed by atoms with Crippen LogP contribution in [0.15, 0.2) is 99.3 Å². The summed E-state index contributed by atoms with van der Waals surface area (Å²) in [5, 5.41) is 8.98. The average molecular weight is 642 g/mol. The normalized spacial score (nSPS) is 11.1. The van der Waals surface area contributed by atoms with Crippen LogP contribution < -0.4 is 25.1 Å². The van der Waals surface area contributed by atoms with Crippen LogP contribution in [0.1, 0.15) is 11.1 Å². The molecule has 2 heterocycles. The van der Waals surface area contributed by atoms with Gasteiger partial charge in [-0.15, -0.1) is 0 Å². The summed E-state index contributed by atoms with van der Waals surface area (Å²) in [7, 11) is 4.53. The van der Waals surface area contributed by atoms with Crippen molar-refractivity contribution in [3.8, 4) is 22.9 Å². The highest BCUT2D eigenvalue weighted by Gasteiger charge is 2.22. The van der Waals surface area contributed by atoms with Gasteiger partial charge in [0, 0.05) is 34.6 Å². The Morgan fingerprint density at radius 3 is 2.31 bits per heavy atom. The van der Waals surface area contributed by atoms with E-state index in [1.807, 2.05) is 60.7 Å². The maximum absolute atomic E-state index is 14.2. The number of rotatable bonds is 10. The Bertz CT molecular complexity index is 2070. The number of ether oxygens (including phenoxy) is 3. The zero-order valence-electron chi connectivity index (χ0n) is 24.6. The van der Waals surface area contributed by atoms with Gasteiger partial charge in [0.05, 0.1) is 38.3 Å². The lowest BCUT2D eigenvalue weighted by Gasteiger charge is -2.15. The molecule has 4 aromatic carbocycles. The summed E-state index contributed by atoms with van der Waals surface area (Å²) < 4.78 is 23.5. The first kappa shape index (κ1) is 30.1. The molecule has 6 aromatic rings. The average Bonchev–Trinajstić information content (AvgIpc) is 3.48. The van der Waals surface area contributed by atoms with Crippen LogP contribution in [-0.2, 0) is 17.0 Å². The molecule has 0 radical (unpaired) electrons. The minimum Gasteiger partial charge on any atom is -0.493 e. The highest BCUT2D eigenvalue weighted by atomic mass is 35.5. The number of carbonyl (C=O) groups is 1. The monoisotopic (exact) mass is 641 g/mol. The van der Waals surface area contributed by atoms with Crippen molar-refractivity contribution in [2.45, 2.75) is 17.3 Å². The van der Waals surface area contributed by atoms with Crippen molar-refractivity contribution in [3.63, 3.8) is 0 Å². The smallest absolute Gasteiger partial charge is 0.269 e. The maximum Gasteiger partial charge on any atom is 0.269 e. The van der Waals surface area contributed by atoms with Gasteiger partial charge in [0.25, 0.3) is 5.56 Å². The number of methoxy groups -OCH3 is 3. The third-order valence-corrected chi connectivity index (χ3v) is 8.58. The van der Waals surface area contributed by atoms with Gasteiger partial charge < -0.3 is 24.1 Å². The molecule has 0 unspecified atom stereocenters.